The zero-order chi connectivity index (χ0) is 15.5. The highest BCUT2D eigenvalue weighted by atomic mass is 32.2. The van der Waals surface area contributed by atoms with E-state index in [1.54, 1.807) is 13.0 Å². The number of carbonyl (C=O) groups is 1. The van der Waals surface area contributed by atoms with Crippen molar-refractivity contribution in [3.8, 4) is 0 Å². The van der Waals surface area contributed by atoms with Gasteiger partial charge in [0.05, 0.1) is 12.1 Å². The molecule has 1 aromatic carbocycles. The van der Waals surface area contributed by atoms with Crippen LogP contribution in [0, 0.1) is 12.7 Å². The third-order valence-electron chi connectivity index (χ3n) is 2.99. The molecule has 0 aliphatic heterocycles. The van der Waals surface area contributed by atoms with Gasteiger partial charge in [0.1, 0.15) is 22.7 Å². The zero-order valence-electron chi connectivity index (χ0n) is 11.6. The number of carbonyl (C=O) groups excluding carboxylic acids is 1. The predicted octanol–water partition coefficient (Wildman–Crippen LogP) is 2.53. The number of amides is 1. The Morgan fingerprint density at radius 2 is 2.23 bits per heavy atom. The van der Waals surface area contributed by atoms with Gasteiger partial charge in [0.2, 0.25) is 5.91 Å². The maximum Gasteiger partial charge on any atom is 0.234 e. The number of nitrogens with one attached hydrogen (secondary N) is 2. The number of thioether (sulfide) groups is 1. The summed E-state index contributed by atoms with van der Waals surface area (Å²) >= 11 is 1.28. The van der Waals surface area contributed by atoms with Gasteiger partial charge in [0.15, 0.2) is 5.65 Å². The molecule has 3 rings (SSSR count). The molecule has 0 saturated carbocycles. The van der Waals surface area contributed by atoms with Gasteiger partial charge in [-0.25, -0.2) is 19.3 Å². The summed E-state index contributed by atoms with van der Waals surface area (Å²) in [5.74, 6) is -0.333. The second-order valence-electron chi connectivity index (χ2n) is 4.58. The van der Waals surface area contributed by atoms with Crippen LogP contribution in [-0.4, -0.2) is 31.6 Å². The van der Waals surface area contributed by atoms with Crippen molar-refractivity contribution >= 4 is 34.5 Å². The van der Waals surface area contributed by atoms with Gasteiger partial charge in [-0.2, -0.15) is 0 Å². The monoisotopic (exact) mass is 317 g/mol. The van der Waals surface area contributed by atoms with Crippen molar-refractivity contribution in [1.82, 2.24) is 19.9 Å². The van der Waals surface area contributed by atoms with Crippen LogP contribution >= 0.6 is 11.8 Å². The second-order valence-corrected chi connectivity index (χ2v) is 5.54. The highest BCUT2D eigenvalue weighted by molar-refractivity contribution is 8.00. The zero-order valence-corrected chi connectivity index (χ0v) is 12.4. The van der Waals surface area contributed by atoms with E-state index < -0.39 is 0 Å². The molecule has 3 aromatic rings. The van der Waals surface area contributed by atoms with Crippen molar-refractivity contribution in [2.24, 2.45) is 0 Å². The molecule has 2 aromatic heterocycles. The molecule has 0 aliphatic carbocycles. The summed E-state index contributed by atoms with van der Waals surface area (Å²) in [5.41, 5.74) is 2.54. The van der Waals surface area contributed by atoms with Gasteiger partial charge < -0.3 is 10.3 Å². The van der Waals surface area contributed by atoms with Crippen molar-refractivity contribution in [2.75, 3.05) is 11.1 Å². The number of rotatable bonds is 4. The van der Waals surface area contributed by atoms with Crippen LogP contribution in [0.4, 0.5) is 10.1 Å². The lowest BCUT2D eigenvalue weighted by Gasteiger charge is -2.08. The summed E-state index contributed by atoms with van der Waals surface area (Å²) in [6.07, 6.45) is 2.94. The molecule has 0 radical (unpaired) electrons. The van der Waals surface area contributed by atoms with Crippen LogP contribution in [0.15, 0.2) is 35.9 Å². The Morgan fingerprint density at radius 3 is 3.05 bits per heavy atom. The molecule has 0 bridgehead atoms. The molecule has 0 unspecified atom stereocenters. The minimum Gasteiger partial charge on any atom is -0.341 e. The van der Waals surface area contributed by atoms with Crippen LogP contribution in [0.25, 0.3) is 11.2 Å². The Bertz CT molecular complexity index is 835. The number of hydrogen-bond acceptors (Lipinski definition) is 5. The average Bonchev–Trinajstić information content (AvgIpc) is 2.97. The molecule has 2 N–H and O–H groups in total. The van der Waals surface area contributed by atoms with E-state index in [9.17, 15) is 9.18 Å². The summed E-state index contributed by atoms with van der Waals surface area (Å²) < 4.78 is 13.0. The first-order valence-electron chi connectivity index (χ1n) is 6.46. The van der Waals surface area contributed by atoms with E-state index in [2.05, 4.69) is 25.3 Å². The standard InChI is InChI=1S/C14H12FN5OS/c1-8-4-9(15)2-3-10(8)20-11(21)5-22-14-12-13(17-6-16-12)18-7-19-14/h2-4,6-7H,5H2,1H3,(H,20,21)(H,16,17,18,19). The summed E-state index contributed by atoms with van der Waals surface area (Å²) in [4.78, 5) is 27.1. The molecule has 0 atom stereocenters. The molecule has 0 aliphatic rings. The van der Waals surface area contributed by atoms with Crippen LogP contribution in [-0.2, 0) is 4.79 Å². The number of H-pyrrole nitrogens is 1. The van der Waals surface area contributed by atoms with Crippen molar-refractivity contribution in [1.29, 1.82) is 0 Å². The summed E-state index contributed by atoms with van der Waals surface area (Å²) in [6.45, 7) is 1.74. The van der Waals surface area contributed by atoms with E-state index in [1.807, 2.05) is 0 Å². The topological polar surface area (TPSA) is 83.6 Å². The maximum absolute atomic E-state index is 13.0. The number of anilines is 1. The van der Waals surface area contributed by atoms with Crippen LogP contribution < -0.4 is 5.32 Å². The van der Waals surface area contributed by atoms with E-state index >= 15 is 0 Å². The summed E-state index contributed by atoms with van der Waals surface area (Å²) in [5, 5.41) is 3.41. The number of nitrogens with zero attached hydrogens (tertiary/aromatic N) is 3. The molecule has 1 amide bonds. The van der Waals surface area contributed by atoms with Crippen LogP contribution in [0.1, 0.15) is 5.56 Å². The first-order valence-corrected chi connectivity index (χ1v) is 7.45. The van der Waals surface area contributed by atoms with E-state index in [1.165, 1.54) is 36.5 Å². The minimum atomic E-state index is -0.326. The van der Waals surface area contributed by atoms with Crippen molar-refractivity contribution < 1.29 is 9.18 Å². The van der Waals surface area contributed by atoms with E-state index in [0.717, 1.165) is 0 Å². The van der Waals surface area contributed by atoms with Crippen LogP contribution in [0.3, 0.4) is 0 Å². The minimum absolute atomic E-state index is 0.182. The van der Waals surface area contributed by atoms with Gasteiger partial charge in [0.25, 0.3) is 0 Å². The van der Waals surface area contributed by atoms with Crippen molar-refractivity contribution in [3.63, 3.8) is 0 Å². The van der Waals surface area contributed by atoms with Gasteiger partial charge in [-0.1, -0.05) is 11.8 Å². The summed E-state index contributed by atoms with van der Waals surface area (Å²) in [7, 11) is 0. The Kier molecular flexibility index (Phi) is 4.01. The van der Waals surface area contributed by atoms with E-state index in [-0.39, 0.29) is 17.5 Å². The van der Waals surface area contributed by atoms with Gasteiger partial charge >= 0.3 is 0 Å². The number of aryl methyl sites for hydroxylation is 1. The molecule has 22 heavy (non-hydrogen) atoms. The molecule has 0 fully saturated rings. The Hall–Kier alpha value is -2.48. The van der Waals surface area contributed by atoms with Crippen LogP contribution in [0.5, 0.6) is 0 Å². The number of fused-ring (bicyclic) bond motifs is 1. The summed E-state index contributed by atoms with van der Waals surface area (Å²) in [6, 6.07) is 4.24. The number of aromatic amines is 1. The molecule has 0 spiro atoms. The third-order valence-corrected chi connectivity index (χ3v) is 3.98. The highest BCUT2D eigenvalue weighted by Crippen LogP contribution is 2.22. The SMILES string of the molecule is Cc1cc(F)ccc1NC(=O)CSc1ncnc2nc[nH]c12. The Labute approximate surface area is 129 Å². The predicted molar refractivity (Wildman–Crippen MR) is 82.2 cm³/mol. The van der Waals surface area contributed by atoms with Gasteiger partial charge in [-0.05, 0) is 30.7 Å². The van der Waals surface area contributed by atoms with Gasteiger partial charge in [-0.15, -0.1) is 0 Å². The smallest absolute Gasteiger partial charge is 0.234 e. The number of imidazole rings is 1. The lowest BCUT2D eigenvalue weighted by molar-refractivity contribution is -0.113. The lowest BCUT2D eigenvalue weighted by Crippen LogP contribution is -2.15. The fourth-order valence-corrected chi connectivity index (χ4v) is 2.70. The first kappa shape index (κ1) is 14.5. The first-order chi connectivity index (χ1) is 10.6. The largest absolute Gasteiger partial charge is 0.341 e. The molecular weight excluding hydrogens is 305 g/mol. The number of halogens is 1. The van der Waals surface area contributed by atoms with Crippen molar-refractivity contribution in [3.05, 3.63) is 42.2 Å². The van der Waals surface area contributed by atoms with E-state index in [0.29, 0.717) is 27.4 Å². The fraction of sp³-hybridized carbons (Fsp3) is 0.143. The van der Waals surface area contributed by atoms with E-state index in [4.69, 9.17) is 0 Å². The Morgan fingerprint density at radius 1 is 1.36 bits per heavy atom. The molecule has 0 saturated heterocycles. The maximum atomic E-state index is 13.0. The highest BCUT2D eigenvalue weighted by Gasteiger charge is 2.10. The van der Waals surface area contributed by atoms with Crippen molar-refractivity contribution in [2.45, 2.75) is 11.9 Å². The fourth-order valence-electron chi connectivity index (χ4n) is 1.94. The second kappa shape index (κ2) is 6.10. The quantitative estimate of drug-likeness (QED) is 0.570. The lowest BCUT2D eigenvalue weighted by atomic mass is 10.2. The molecular formula is C14H12FN5OS. The molecule has 8 heteroatoms. The number of aromatic nitrogens is 4. The molecule has 2 heterocycles. The number of benzene rings is 1. The number of hydrogen-bond donors (Lipinski definition) is 2. The van der Waals surface area contributed by atoms with Crippen LogP contribution in [0.2, 0.25) is 0 Å². The third kappa shape index (κ3) is 3.06. The molecule has 6 nitrogen and oxygen atoms in total. The van der Waals surface area contributed by atoms with Gasteiger partial charge in [0, 0.05) is 5.69 Å². The van der Waals surface area contributed by atoms with Gasteiger partial charge in [-0.3, -0.25) is 4.79 Å². The molecule has 112 valence electrons. The Balaban J connectivity index is 1.66. The normalized spacial score (nSPS) is 10.8. The average molecular weight is 317 g/mol.